The second-order valence-electron chi connectivity index (χ2n) is 6.59. The second kappa shape index (κ2) is 7.57. The number of carbonyl (C=O) groups excluding carboxylic acids is 1. The predicted molar refractivity (Wildman–Crippen MR) is 97.2 cm³/mol. The van der Waals surface area contributed by atoms with Crippen molar-refractivity contribution in [3.63, 3.8) is 0 Å². The van der Waals surface area contributed by atoms with Crippen molar-refractivity contribution in [2.45, 2.75) is 20.0 Å². The molecule has 0 bridgehead atoms. The molecule has 0 radical (unpaired) electrons. The van der Waals surface area contributed by atoms with E-state index >= 15 is 0 Å². The Morgan fingerprint density at radius 2 is 1.88 bits per heavy atom. The zero-order valence-electron chi connectivity index (χ0n) is 15.3. The average Bonchev–Trinajstić information content (AvgIpc) is 2.90. The van der Waals surface area contributed by atoms with Gasteiger partial charge in [-0.15, -0.1) is 0 Å². The number of hydrogen-bond donors (Lipinski definition) is 1. The van der Waals surface area contributed by atoms with Gasteiger partial charge in [0.1, 0.15) is 18.1 Å². The lowest BCUT2D eigenvalue weighted by molar-refractivity contribution is 0.0476. The molecule has 1 N–H and O–H groups in total. The van der Waals surface area contributed by atoms with Crippen molar-refractivity contribution in [3.05, 3.63) is 23.9 Å². The number of esters is 1. The number of hydrogen-bond acceptors (Lipinski definition) is 5. The average molecular weight is 333 g/mol. The first-order valence-corrected chi connectivity index (χ1v) is 8.10. The van der Waals surface area contributed by atoms with Gasteiger partial charge >= 0.3 is 5.97 Å². The number of ether oxygens (including phenoxy) is 2. The van der Waals surface area contributed by atoms with Crippen LogP contribution in [-0.4, -0.2) is 63.3 Å². The molecule has 0 spiro atoms. The molecule has 0 saturated carbocycles. The van der Waals surface area contributed by atoms with Gasteiger partial charge < -0.3 is 24.3 Å². The Morgan fingerprint density at radius 1 is 1.17 bits per heavy atom. The van der Waals surface area contributed by atoms with E-state index in [0.717, 1.165) is 22.3 Å². The zero-order valence-corrected chi connectivity index (χ0v) is 15.3. The molecule has 24 heavy (non-hydrogen) atoms. The first-order valence-electron chi connectivity index (χ1n) is 8.10. The van der Waals surface area contributed by atoms with Crippen LogP contribution < -0.4 is 9.64 Å². The molecule has 0 fully saturated rings. The molecule has 0 aliphatic heterocycles. The van der Waals surface area contributed by atoms with Gasteiger partial charge in [0.2, 0.25) is 0 Å². The molecule has 0 saturated heterocycles. The number of aromatic amines is 1. The van der Waals surface area contributed by atoms with Gasteiger partial charge in [-0.05, 0) is 40.1 Å². The topological polar surface area (TPSA) is 57.8 Å². The number of nitrogens with one attached hydrogen (secondary N) is 1. The number of aromatic nitrogens is 1. The smallest absolute Gasteiger partial charge is 0.354 e. The summed E-state index contributed by atoms with van der Waals surface area (Å²) in [6.07, 6.45) is 0.0519. The fourth-order valence-corrected chi connectivity index (χ4v) is 2.31. The number of H-pyrrole nitrogens is 1. The molecule has 0 atom stereocenters. The van der Waals surface area contributed by atoms with Gasteiger partial charge in [-0.1, -0.05) is 0 Å². The largest absolute Gasteiger partial charge is 0.490 e. The predicted octanol–water partition coefficient (Wildman–Crippen LogP) is 2.74. The molecule has 0 amide bonds. The molecular weight excluding hydrogens is 306 g/mol. The van der Waals surface area contributed by atoms with E-state index in [-0.39, 0.29) is 12.1 Å². The fourth-order valence-electron chi connectivity index (χ4n) is 2.31. The minimum Gasteiger partial charge on any atom is -0.490 e. The van der Waals surface area contributed by atoms with E-state index in [1.54, 1.807) is 6.07 Å². The van der Waals surface area contributed by atoms with Crippen molar-refractivity contribution in [1.29, 1.82) is 0 Å². The zero-order chi connectivity index (χ0) is 17.9. The molecule has 2 aromatic rings. The molecule has 132 valence electrons. The van der Waals surface area contributed by atoms with Crippen molar-refractivity contribution >= 4 is 22.6 Å². The van der Waals surface area contributed by atoms with Crippen molar-refractivity contribution < 1.29 is 14.3 Å². The summed E-state index contributed by atoms with van der Waals surface area (Å²) in [4.78, 5) is 19.3. The number of benzene rings is 1. The highest BCUT2D eigenvalue weighted by molar-refractivity contribution is 5.98. The Hall–Kier alpha value is -2.21. The van der Waals surface area contributed by atoms with E-state index in [0.29, 0.717) is 18.8 Å². The van der Waals surface area contributed by atoms with E-state index in [1.165, 1.54) is 0 Å². The summed E-state index contributed by atoms with van der Waals surface area (Å²) in [6.45, 7) is 5.02. The van der Waals surface area contributed by atoms with Crippen molar-refractivity contribution in [2.24, 2.45) is 0 Å². The van der Waals surface area contributed by atoms with E-state index < -0.39 is 0 Å². The van der Waals surface area contributed by atoms with Gasteiger partial charge in [0.25, 0.3) is 0 Å². The van der Waals surface area contributed by atoms with Crippen LogP contribution in [-0.2, 0) is 4.74 Å². The first-order chi connectivity index (χ1) is 11.3. The summed E-state index contributed by atoms with van der Waals surface area (Å²) in [6, 6.07) is 5.78. The van der Waals surface area contributed by atoms with Gasteiger partial charge in [-0.3, -0.25) is 0 Å². The summed E-state index contributed by atoms with van der Waals surface area (Å²) >= 11 is 0. The Labute approximate surface area is 143 Å². The SMILES string of the molecule is CC(C)Oc1cc(N(C)C)cc2[nH]c(C(=O)OCCN(C)C)cc12. The molecule has 1 aromatic carbocycles. The van der Waals surface area contributed by atoms with E-state index in [9.17, 15) is 4.79 Å². The normalized spacial score (nSPS) is 11.3. The van der Waals surface area contributed by atoms with Gasteiger partial charge in [-0.2, -0.15) is 0 Å². The van der Waals surface area contributed by atoms with E-state index in [1.807, 2.05) is 64.0 Å². The first kappa shape index (κ1) is 18.1. The van der Waals surface area contributed by atoms with Crippen LogP contribution in [0.25, 0.3) is 10.9 Å². The van der Waals surface area contributed by atoms with Crippen LogP contribution in [0.2, 0.25) is 0 Å². The maximum Gasteiger partial charge on any atom is 0.354 e. The standard InChI is InChI=1S/C18H27N3O3/c1-12(2)24-17-10-13(21(5)6)9-15-14(17)11-16(19-15)18(22)23-8-7-20(3)4/h9-12,19H,7-8H2,1-6H3. The van der Waals surface area contributed by atoms with Crippen molar-refractivity contribution in [3.8, 4) is 5.75 Å². The quantitative estimate of drug-likeness (QED) is 0.790. The number of carbonyl (C=O) groups is 1. The summed E-state index contributed by atoms with van der Waals surface area (Å²) < 4.78 is 11.2. The lowest BCUT2D eigenvalue weighted by atomic mass is 10.2. The monoisotopic (exact) mass is 333 g/mol. The summed E-state index contributed by atoms with van der Waals surface area (Å²) in [5.41, 5.74) is 2.30. The highest BCUT2D eigenvalue weighted by Crippen LogP contribution is 2.32. The maximum atomic E-state index is 12.2. The summed E-state index contributed by atoms with van der Waals surface area (Å²) in [7, 11) is 7.82. The van der Waals surface area contributed by atoms with Gasteiger partial charge in [0, 0.05) is 37.8 Å². The number of nitrogens with zero attached hydrogens (tertiary/aromatic N) is 2. The Balaban J connectivity index is 2.32. The van der Waals surface area contributed by atoms with Crippen LogP contribution in [0, 0.1) is 0 Å². The van der Waals surface area contributed by atoms with Gasteiger partial charge in [0.15, 0.2) is 0 Å². The van der Waals surface area contributed by atoms with Crippen LogP contribution in [0.1, 0.15) is 24.3 Å². The minimum atomic E-state index is -0.352. The van der Waals surface area contributed by atoms with Crippen LogP contribution in [0.4, 0.5) is 5.69 Å². The van der Waals surface area contributed by atoms with E-state index in [2.05, 4.69) is 4.98 Å². The lowest BCUT2D eigenvalue weighted by Crippen LogP contribution is -2.20. The summed E-state index contributed by atoms with van der Waals surface area (Å²) in [5.74, 6) is 0.407. The lowest BCUT2D eigenvalue weighted by Gasteiger charge is -2.16. The molecule has 0 aliphatic rings. The second-order valence-corrected chi connectivity index (χ2v) is 6.59. The molecule has 6 heteroatoms. The molecule has 0 unspecified atom stereocenters. The van der Waals surface area contributed by atoms with Crippen molar-refractivity contribution in [1.82, 2.24) is 9.88 Å². The fraction of sp³-hybridized carbons (Fsp3) is 0.500. The molecule has 0 aliphatic carbocycles. The highest BCUT2D eigenvalue weighted by Gasteiger charge is 2.16. The summed E-state index contributed by atoms with van der Waals surface area (Å²) in [5, 5.41) is 0.883. The molecular formula is C18H27N3O3. The molecule has 1 heterocycles. The highest BCUT2D eigenvalue weighted by atomic mass is 16.5. The number of anilines is 1. The Kier molecular flexibility index (Phi) is 5.72. The van der Waals surface area contributed by atoms with Gasteiger partial charge in [0.05, 0.1) is 11.6 Å². The maximum absolute atomic E-state index is 12.2. The molecule has 1 aromatic heterocycles. The molecule has 2 rings (SSSR count). The van der Waals surface area contributed by atoms with Crippen LogP contribution in [0.5, 0.6) is 5.75 Å². The van der Waals surface area contributed by atoms with E-state index in [4.69, 9.17) is 9.47 Å². The number of likely N-dealkylation sites (N-methyl/N-ethyl adjacent to an activating group) is 1. The Bertz CT molecular complexity index is 705. The minimum absolute atomic E-state index is 0.0519. The Morgan fingerprint density at radius 3 is 2.46 bits per heavy atom. The third kappa shape index (κ3) is 4.41. The number of rotatable bonds is 7. The van der Waals surface area contributed by atoms with Crippen LogP contribution in [0.3, 0.4) is 0 Å². The number of fused-ring (bicyclic) bond motifs is 1. The third-order valence-corrected chi connectivity index (χ3v) is 3.56. The van der Waals surface area contributed by atoms with Gasteiger partial charge in [-0.25, -0.2) is 4.79 Å². The van der Waals surface area contributed by atoms with Crippen LogP contribution >= 0.6 is 0 Å². The van der Waals surface area contributed by atoms with Crippen molar-refractivity contribution in [2.75, 3.05) is 46.2 Å². The van der Waals surface area contributed by atoms with Crippen LogP contribution in [0.15, 0.2) is 18.2 Å². The molecule has 6 nitrogen and oxygen atoms in total. The third-order valence-electron chi connectivity index (χ3n) is 3.56.